The molecule has 0 bridgehead atoms. The molecule has 0 unspecified atom stereocenters. The number of rotatable bonds is 1. The largest absolute Gasteiger partial charge is 0.391 e. The smallest absolute Gasteiger partial charge is 0.332 e. The average Bonchev–Trinajstić information content (AvgIpc) is 2.02. The number of cyclic esters (lactones) is 2. The van der Waals surface area contributed by atoms with Gasteiger partial charge in [0.2, 0.25) is 6.93 Å². The van der Waals surface area contributed by atoms with E-state index in [4.69, 9.17) is 0 Å². The molecule has 3 nitrogen and oxygen atoms in total. The number of hydrogen-bond donors (Lipinski definition) is 0. The SMILES string of the molecule is FCF.O=C1OC(=O)C1C=C(F)F. The van der Waals surface area contributed by atoms with E-state index in [1.54, 1.807) is 0 Å². The van der Waals surface area contributed by atoms with Gasteiger partial charge in [-0.1, -0.05) is 0 Å². The van der Waals surface area contributed by atoms with Crippen LogP contribution in [-0.2, 0) is 14.3 Å². The topological polar surface area (TPSA) is 43.4 Å². The van der Waals surface area contributed by atoms with Crippen LogP contribution in [0.5, 0.6) is 0 Å². The summed E-state index contributed by atoms with van der Waals surface area (Å²) in [4.78, 5) is 20.3. The summed E-state index contributed by atoms with van der Waals surface area (Å²) in [5.74, 6) is -3.21. The maximum atomic E-state index is 11.4. The molecule has 0 atom stereocenters. The summed E-state index contributed by atoms with van der Waals surface area (Å²) in [6.45, 7) is -1.75. The molecule has 0 saturated carbocycles. The maximum Gasteiger partial charge on any atom is 0.332 e. The van der Waals surface area contributed by atoms with E-state index in [0.717, 1.165) is 0 Å². The Bertz CT molecular complexity index is 220. The minimum absolute atomic E-state index is 0.272. The first-order valence-electron chi connectivity index (χ1n) is 2.93. The van der Waals surface area contributed by atoms with Crippen molar-refractivity contribution >= 4 is 11.9 Å². The Morgan fingerprint density at radius 2 is 1.69 bits per heavy atom. The van der Waals surface area contributed by atoms with E-state index in [-0.39, 0.29) is 6.08 Å². The molecule has 1 saturated heterocycles. The number of esters is 2. The zero-order valence-corrected chi connectivity index (χ0v) is 6.10. The third kappa shape index (κ3) is 3.68. The quantitative estimate of drug-likeness (QED) is 0.364. The summed E-state index contributed by atoms with van der Waals surface area (Å²) >= 11 is 0. The molecule has 0 radical (unpaired) electrons. The van der Waals surface area contributed by atoms with Crippen LogP contribution >= 0.6 is 0 Å². The fourth-order valence-corrected chi connectivity index (χ4v) is 0.526. The van der Waals surface area contributed by atoms with E-state index in [9.17, 15) is 27.2 Å². The molecule has 0 amide bonds. The molecule has 7 heteroatoms. The van der Waals surface area contributed by atoms with Gasteiger partial charge in [-0.15, -0.1) is 0 Å². The molecule has 13 heavy (non-hydrogen) atoms. The number of ether oxygens (including phenoxy) is 1. The standard InChI is InChI=1S/C5H2F2O3.CH2F2/c6-3(7)1-2-4(8)10-5(2)9;2-1-3/h1-2H;1H2. The van der Waals surface area contributed by atoms with Crippen molar-refractivity contribution in [2.75, 3.05) is 6.93 Å². The minimum Gasteiger partial charge on any atom is -0.391 e. The van der Waals surface area contributed by atoms with Crippen LogP contribution < -0.4 is 0 Å². The Kier molecular flexibility index (Phi) is 4.71. The van der Waals surface area contributed by atoms with Gasteiger partial charge >= 0.3 is 11.9 Å². The van der Waals surface area contributed by atoms with Crippen molar-refractivity contribution in [1.29, 1.82) is 0 Å². The van der Waals surface area contributed by atoms with E-state index in [1.807, 2.05) is 0 Å². The number of halogens is 4. The van der Waals surface area contributed by atoms with Gasteiger partial charge in [0.05, 0.1) is 0 Å². The van der Waals surface area contributed by atoms with E-state index in [2.05, 4.69) is 4.74 Å². The Hall–Kier alpha value is -1.40. The van der Waals surface area contributed by atoms with Crippen molar-refractivity contribution in [2.24, 2.45) is 5.92 Å². The van der Waals surface area contributed by atoms with Gasteiger partial charge < -0.3 is 4.74 Å². The van der Waals surface area contributed by atoms with Gasteiger partial charge in [0.25, 0.3) is 6.08 Å². The second-order valence-electron chi connectivity index (χ2n) is 1.78. The van der Waals surface area contributed by atoms with Gasteiger partial charge in [-0.3, -0.25) is 9.59 Å². The van der Waals surface area contributed by atoms with Gasteiger partial charge in [-0.05, 0) is 0 Å². The van der Waals surface area contributed by atoms with Gasteiger partial charge in [-0.2, -0.15) is 8.78 Å². The zero-order valence-electron chi connectivity index (χ0n) is 6.10. The predicted octanol–water partition coefficient (Wildman–Crippen LogP) is 1.35. The van der Waals surface area contributed by atoms with Crippen LogP contribution in [0.2, 0.25) is 0 Å². The molecule has 0 spiro atoms. The van der Waals surface area contributed by atoms with Crippen LogP contribution in [-0.4, -0.2) is 18.9 Å². The average molecular weight is 200 g/mol. The first kappa shape index (κ1) is 11.6. The molecule has 1 heterocycles. The predicted molar refractivity (Wildman–Crippen MR) is 32.0 cm³/mol. The Morgan fingerprint density at radius 3 is 1.85 bits per heavy atom. The summed E-state index contributed by atoms with van der Waals surface area (Å²) in [6.07, 6.45) is -1.77. The highest BCUT2D eigenvalue weighted by molar-refractivity contribution is 6.11. The molecule has 74 valence electrons. The Labute approximate surface area is 70.0 Å². The summed E-state index contributed by atoms with van der Waals surface area (Å²) in [6, 6.07) is 0. The summed E-state index contributed by atoms with van der Waals surface area (Å²) in [5, 5.41) is 0. The van der Waals surface area contributed by atoms with Crippen molar-refractivity contribution in [1.82, 2.24) is 0 Å². The van der Waals surface area contributed by atoms with Crippen LogP contribution in [0.15, 0.2) is 12.2 Å². The second kappa shape index (κ2) is 5.28. The van der Waals surface area contributed by atoms with Crippen LogP contribution in [0.1, 0.15) is 0 Å². The van der Waals surface area contributed by atoms with Crippen LogP contribution in [0.25, 0.3) is 0 Å². The fraction of sp³-hybridized carbons (Fsp3) is 0.333. The molecule has 1 aliphatic rings. The van der Waals surface area contributed by atoms with Crippen molar-refractivity contribution < 1.29 is 31.9 Å². The number of carbonyl (C=O) groups excluding carboxylic acids is 2. The molecule has 0 aliphatic carbocycles. The maximum absolute atomic E-state index is 11.4. The summed E-state index contributed by atoms with van der Waals surface area (Å²) < 4.78 is 45.8. The van der Waals surface area contributed by atoms with Crippen molar-refractivity contribution in [3.8, 4) is 0 Å². The molecule has 0 N–H and O–H groups in total. The van der Waals surface area contributed by atoms with E-state index in [1.165, 1.54) is 0 Å². The van der Waals surface area contributed by atoms with Gasteiger partial charge in [0, 0.05) is 6.08 Å². The molecule has 0 aromatic rings. The van der Waals surface area contributed by atoms with Gasteiger partial charge in [-0.25, -0.2) is 8.78 Å². The van der Waals surface area contributed by atoms with Crippen LogP contribution in [0.4, 0.5) is 17.6 Å². The highest BCUT2D eigenvalue weighted by Gasteiger charge is 2.40. The monoisotopic (exact) mass is 200 g/mol. The minimum atomic E-state index is -2.05. The van der Waals surface area contributed by atoms with Crippen LogP contribution in [0.3, 0.4) is 0 Å². The van der Waals surface area contributed by atoms with E-state index in [0.29, 0.717) is 0 Å². The Morgan fingerprint density at radius 1 is 1.31 bits per heavy atom. The first-order valence-corrected chi connectivity index (χ1v) is 2.93. The second-order valence-corrected chi connectivity index (χ2v) is 1.78. The molecule has 1 rings (SSSR count). The number of hydrogen-bond acceptors (Lipinski definition) is 3. The highest BCUT2D eigenvalue weighted by atomic mass is 19.3. The number of carbonyl (C=O) groups is 2. The lowest BCUT2D eigenvalue weighted by molar-refractivity contribution is -0.180. The van der Waals surface area contributed by atoms with Crippen molar-refractivity contribution in [2.45, 2.75) is 0 Å². The third-order valence-electron chi connectivity index (χ3n) is 1.00. The molecule has 0 aromatic heterocycles. The summed E-state index contributed by atoms with van der Waals surface area (Å²) in [5.41, 5.74) is 0. The summed E-state index contributed by atoms with van der Waals surface area (Å²) in [7, 11) is 0. The van der Waals surface area contributed by atoms with Crippen molar-refractivity contribution in [3.05, 3.63) is 12.2 Å². The van der Waals surface area contributed by atoms with Crippen LogP contribution in [0, 0.1) is 5.92 Å². The first-order chi connectivity index (χ1) is 6.02. The molecule has 1 aliphatic heterocycles. The lowest BCUT2D eigenvalue weighted by Crippen LogP contribution is -2.39. The van der Waals surface area contributed by atoms with E-state index < -0.39 is 30.9 Å². The zero-order chi connectivity index (χ0) is 10.4. The normalized spacial score (nSPS) is 15.1. The Balaban J connectivity index is 0.000000424. The van der Waals surface area contributed by atoms with Gasteiger partial charge in [0.15, 0.2) is 5.92 Å². The third-order valence-corrected chi connectivity index (χ3v) is 1.00. The lowest BCUT2D eigenvalue weighted by atomic mass is 10.1. The van der Waals surface area contributed by atoms with E-state index >= 15 is 0 Å². The molecular weight excluding hydrogens is 196 g/mol. The lowest BCUT2D eigenvalue weighted by Gasteiger charge is -2.17. The molecular formula is C6H4F4O3. The number of alkyl halides is 2. The molecule has 0 aromatic carbocycles. The molecule has 1 fully saturated rings. The van der Waals surface area contributed by atoms with Gasteiger partial charge in [0.1, 0.15) is 0 Å². The van der Waals surface area contributed by atoms with Crippen molar-refractivity contribution in [3.63, 3.8) is 0 Å². The highest BCUT2D eigenvalue weighted by Crippen LogP contribution is 2.18. The fourth-order valence-electron chi connectivity index (χ4n) is 0.526.